The fourth-order valence-corrected chi connectivity index (χ4v) is 3.30. The monoisotopic (exact) mass is 382 g/mol. The maximum absolute atomic E-state index is 12.7. The zero-order chi connectivity index (χ0) is 19.9. The first-order chi connectivity index (χ1) is 13.6. The Morgan fingerprint density at radius 2 is 1.64 bits per heavy atom. The minimum absolute atomic E-state index is 0.0169. The quantitative estimate of drug-likeness (QED) is 0.798. The van der Waals surface area contributed by atoms with E-state index in [9.17, 15) is 9.59 Å². The number of benzene rings is 2. The van der Waals surface area contributed by atoms with Crippen LogP contribution in [0.3, 0.4) is 0 Å². The minimum Gasteiger partial charge on any atom is -0.493 e. The SMILES string of the molecule is COc1ccccc1OCC(=O)N1CCCN(C(=O)c2cccc(C)c2)CC1. The van der Waals surface area contributed by atoms with Crippen molar-refractivity contribution in [2.75, 3.05) is 39.9 Å². The molecule has 2 aromatic carbocycles. The topological polar surface area (TPSA) is 59.1 Å². The highest BCUT2D eigenvalue weighted by Crippen LogP contribution is 2.25. The maximum atomic E-state index is 12.7. The Morgan fingerprint density at radius 1 is 0.929 bits per heavy atom. The second-order valence-corrected chi connectivity index (χ2v) is 6.84. The highest BCUT2D eigenvalue weighted by molar-refractivity contribution is 5.94. The smallest absolute Gasteiger partial charge is 0.260 e. The van der Waals surface area contributed by atoms with E-state index >= 15 is 0 Å². The first-order valence-electron chi connectivity index (χ1n) is 9.48. The standard InChI is InChI=1S/C22H26N2O4/c1-17-7-5-8-18(15-17)22(26)24-12-6-11-23(13-14-24)21(25)16-28-20-10-4-3-9-19(20)27-2/h3-5,7-10,15H,6,11-14,16H2,1-2H3. The summed E-state index contributed by atoms with van der Waals surface area (Å²) in [7, 11) is 1.57. The molecule has 0 radical (unpaired) electrons. The molecule has 3 rings (SSSR count). The van der Waals surface area contributed by atoms with Crippen molar-refractivity contribution in [2.24, 2.45) is 0 Å². The summed E-state index contributed by atoms with van der Waals surface area (Å²) in [5.74, 6) is 1.07. The van der Waals surface area contributed by atoms with Gasteiger partial charge in [-0.2, -0.15) is 0 Å². The van der Waals surface area contributed by atoms with Crippen LogP contribution in [0.5, 0.6) is 11.5 Å². The van der Waals surface area contributed by atoms with Crippen LogP contribution in [0.2, 0.25) is 0 Å². The Morgan fingerprint density at radius 3 is 2.39 bits per heavy atom. The predicted octanol–water partition coefficient (Wildman–Crippen LogP) is 2.76. The fourth-order valence-electron chi connectivity index (χ4n) is 3.30. The van der Waals surface area contributed by atoms with E-state index in [2.05, 4.69) is 0 Å². The lowest BCUT2D eigenvalue weighted by Crippen LogP contribution is -2.39. The van der Waals surface area contributed by atoms with Crippen LogP contribution in [0.1, 0.15) is 22.3 Å². The Balaban J connectivity index is 1.55. The van der Waals surface area contributed by atoms with Crippen molar-refractivity contribution in [2.45, 2.75) is 13.3 Å². The predicted molar refractivity (Wildman–Crippen MR) is 107 cm³/mol. The Labute approximate surface area is 165 Å². The number of carbonyl (C=O) groups is 2. The van der Waals surface area contributed by atoms with E-state index in [0.29, 0.717) is 43.2 Å². The van der Waals surface area contributed by atoms with E-state index in [0.717, 1.165) is 12.0 Å². The van der Waals surface area contributed by atoms with Crippen LogP contribution in [0.25, 0.3) is 0 Å². The molecule has 1 aliphatic heterocycles. The van der Waals surface area contributed by atoms with E-state index < -0.39 is 0 Å². The summed E-state index contributed by atoms with van der Waals surface area (Å²) >= 11 is 0. The van der Waals surface area contributed by atoms with Gasteiger partial charge in [-0.3, -0.25) is 9.59 Å². The molecule has 1 aliphatic rings. The van der Waals surface area contributed by atoms with Gasteiger partial charge in [-0.25, -0.2) is 0 Å². The van der Waals surface area contributed by atoms with Gasteiger partial charge < -0.3 is 19.3 Å². The molecule has 0 aromatic heterocycles. The lowest BCUT2D eigenvalue weighted by molar-refractivity contribution is -0.133. The van der Waals surface area contributed by atoms with Crippen molar-refractivity contribution < 1.29 is 19.1 Å². The maximum Gasteiger partial charge on any atom is 0.260 e. The van der Waals surface area contributed by atoms with Crippen LogP contribution in [0.15, 0.2) is 48.5 Å². The van der Waals surface area contributed by atoms with E-state index in [1.54, 1.807) is 24.1 Å². The van der Waals surface area contributed by atoms with Crippen LogP contribution in [-0.2, 0) is 4.79 Å². The number of nitrogens with zero attached hydrogens (tertiary/aromatic N) is 2. The molecular formula is C22H26N2O4. The number of para-hydroxylation sites is 2. The average Bonchev–Trinajstić information content (AvgIpc) is 2.98. The number of hydrogen-bond acceptors (Lipinski definition) is 4. The number of carbonyl (C=O) groups excluding carboxylic acids is 2. The van der Waals surface area contributed by atoms with Gasteiger partial charge in [0, 0.05) is 31.7 Å². The number of rotatable bonds is 5. The zero-order valence-electron chi connectivity index (χ0n) is 16.4. The molecule has 0 unspecified atom stereocenters. The van der Waals surface area contributed by atoms with Crippen LogP contribution in [0.4, 0.5) is 0 Å². The fraction of sp³-hybridized carbons (Fsp3) is 0.364. The van der Waals surface area contributed by atoms with Gasteiger partial charge in [0.05, 0.1) is 7.11 Å². The van der Waals surface area contributed by atoms with E-state index in [1.165, 1.54) is 0 Å². The molecular weight excluding hydrogens is 356 g/mol. The molecule has 148 valence electrons. The van der Waals surface area contributed by atoms with Crippen LogP contribution >= 0.6 is 0 Å². The molecule has 0 aliphatic carbocycles. The summed E-state index contributed by atoms with van der Waals surface area (Å²) in [5, 5.41) is 0. The lowest BCUT2D eigenvalue weighted by atomic mass is 10.1. The van der Waals surface area contributed by atoms with Crippen LogP contribution in [-0.4, -0.2) is 61.5 Å². The van der Waals surface area contributed by atoms with Gasteiger partial charge >= 0.3 is 0 Å². The van der Waals surface area contributed by atoms with Crippen molar-refractivity contribution in [3.8, 4) is 11.5 Å². The Hall–Kier alpha value is -3.02. The molecule has 0 saturated carbocycles. The first-order valence-corrected chi connectivity index (χ1v) is 9.48. The van der Waals surface area contributed by atoms with E-state index in [1.807, 2.05) is 48.2 Å². The largest absolute Gasteiger partial charge is 0.493 e. The number of ether oxygens (including phenoxy) is 2. The Kier molecular flexibility index (Phi) is 6.53. The van der Waals surface area contributed by atoms with Gasteiger partial charge in [-0.05, 0) is 37.6 Å². The van der Waals surface area contributed by atoms with Gasteiger partial charge in [0.15, 0.2) is 18.1 Å². The highest BCUT2D eigenvalue weighted by Gasteiger charge is 2.23. The summed E-state index contributed by atoms with van der Waals surface area (Å²) < 4.78 is 10.9. The molecule has 28 heavy (non-hydrogen) atoms. The normalized spacial score (nSPS) is 14.4. The van der Waals surface area contributed by atoms with Crippen molar-refractivity contribution in [3.63, 3.8) is 0 Å². The van der Waals surface area contributed by atoms with Crippen molar-refractivity contribution in [3.05, 3.63) is 59.7 Å². The van der Waals surface area contributed by atoms with E-state index in [4.69, 9.17) is 9.47 Å². The molecule has 1 heterocycles. The van der Waals surface area contributed by atoms with Crippen molar-refractivity contribution in [1.29, 1.82) is 0 Å². The summed E-state index contributed by atoms with van der Waals surface area (Å²) in [6, 6.07) is 14.9. The lowest BCUT2D eigenvalue weighted by Gasteiger charge is -2.22. The number of aryl methyl sites for hydroxylation is 1. The molecule has 0 atom stereocenters. The molecule has 2 aromatic rings. The molecule has 0 spiro atoms. The van der Waals surface area contributed by atoms with Crippen LogP contribution in [0, 0.1) is 6.92 Å². The molecule has 2 amide bonds. The second-order valence-electron chi connectivity index (χ2n) is 6.84. The Bertz CT molecular complexity index is 837. The summed E-state index contributed by atoms with van der Waals surface area (Å²) in [5.41, 5.74) is 1.75. The molecule has 0 bridgehead atoms. The molecule has 6 nitrogen and oxygen atoms in total. The van der Waals surface area contributed by atoms with Gasteiger partial charge in [0.1, 0.15) is 0 Å². The van der Waals surface area contributed by atoms with Gasteiger partial charge in [-0.1, -0.05) is 29.8 Å². The van der Waals surface area contributed by atoms with Gasteiger partial charge in [0.2, 0.25) is 0 Å². The number of methoxy groups -OCH3 is 1. The average molecular weight is 382 g/mol. The minimum atomic E-state index is -0.0873. The molecule has 1 fully saturated rings. The van der Waals surface area contributed by atoms with Crippen molar-refractivity contribution >= 4 is 11.8 Å². The summed E-state index contributed by atoms with van der Waals surface area (Å²) in [6.07, 6.45) is 0.748. The third-order valence-corrected chi connectivity index (χ3v) is 4.82. The highest BCUT2D eigenvalue weighted by atomic mass is 16.5. The van der Waals surface area contributed by atoms with Crippen molar-refractivity contribution in [1.82, 2.24) is 9.80 Å². The van der Waals surface area contributed by atoms with E-state index in [-0.39, 0.29) is 18.4 Å². The number of hydrogen-bond donors (Lipinski definition) is 0. The van der Waals surface area contributed by atoms with Gasteiger partial charge in [-0.15, -0.1) is 0 Å². The van der Waals surface area contributed by atoms with Crippen LogP contribution < -0.4 is 9.47 Å². The number of amides is 2. The zero-order valence-corrected chi connectivity index (χ0v) is 16.4. The first kappa shape index (κ1) is 19.7. The third kappa shape index (κ3) is 4.82. The second kappa shape index (κ2) is 9.26. The van der Waals surface area contributed by atoms with Gasteiger partial charge in [0.25, 0.3) is 11.8 Å². The molecule has 6 heteroatoms. The molecule has 1 saturated heterocycles. The summed E-state index contributed by atoms with van der Waals surface area (Å²) in [6.45, 7) is 4.21. The third-order valence-electron chi connectivity index (χ3n) is 4.82. The summed E-state index contributed by atoms with van der Waals surface area (Å²) in [4.78, 5) is 28.9. The molecule has 0 N–H and O–H groups in total.